The van der Waals surface area contributed by atoms with Gasteiger partial charge in [0, 0.05) is 21.9 Å². The first-order valence-electron chi connectivity index (χ1n) is 6.44. The van der Waals surface area contributed by atoms with Crippen LogP contribution in [0.25, 0.3) is 0 Å². The highest BCUT2D eigenvalue weighted by atomic mass is 79.9. The third-order valence-electron chi connectivity index (χ3n) is 3.67. The highest BCUT2D eigenvalue weighted by Gasteiger charge is 2.29. The minimum atomic E-state index is 0.675. The third-order valence-corrected chi connectivity index (χ3v) is 5.83. The molecule has 0 radical (unpaired) electrons. The van der Waals surface area contributed by atoms with E-state index in [1.54, 1.807) is 0 Å². The molecule has 1 fully saturated rings. The molecule has 0 saturated heterocycles. The average molecular weight is 401 g/mol. The molecule has 0 bridgehead atoms. The molecule has 0 spiro atoms. The molecule has 2 aromatic rings. The molecular weight excluding hydrogens is 386 g/mol. The zero-order chi connectivity index (χ0) is 13.2. The minimum Gasteiger partial charge on any atom is -0.309 e. The van der Waals surface area contributed by atoms with Gasteiger partial charge in [-0.05, 0) is 64.5 Å². The van der Waals surface area contributed by atoms with Crippen molar-refractivity contribution >= 4 is 43.2 Å². The second kappa shape index (κ2) is 6.08. The maximum absolute atomic E-state index is 3.64. The van der Waals surface area contributed by atoms with E-state index in [1.165, 1.54) is 27.1 Å². The van der Waals surface area contributed by atoms with Crippen LogP contribution in [0.5, 0.6) is 0 Å². The lowest BCUT2D eigenvalue weighted by molar-refractivity contribution is 0.290. The SMILES string of the molecule is Brc1ccc(C2CC(NCc3ccc(Br)s3)C2)cc1. The number of nitrogens with one attached hydrogen (secondary N) is 1. The average Bonchev–Trinajstić information content (AvgIpc) is 2.75. The first-order valence-corrected chi connectivity index (χ1v) is 8.84. The Morgan fingerprint density at radius 1 is 1.05 bits per heavy atom. The topological polar surface area (TPSA) is 12.0 Å². The van der Waals surface area contributed by atoms with Crippen LogP contribution < -0.4 is 5.32 Å². The van der Waals surface area contributed by atoms with Crippen molar-refractivity contribution in [3.8, 4) is 0 Å². The molecule has 19 heavy (non-hydrogen) atoms. The van der Waals surface area contributed by atoms with Crippen molar-refractivity contribution in [1.82, 2.24) is 5.32 Å². The van der Waals surface area contributed by atoms with E-state index in [2.05, 4.69) is 73.6 Å². The first kappa shape index (κ1) is 13.8. The van der Waals surface area contributed by atoms with Gasteiger partial charge in [0.1, 0.15) is 0 Å². The van der Waals surface area contributed by atoms with Crippen LogP contribution in [-0.4, -0.2) is 6.04 Å². The van der Waals surface area contributed by atoms with Crippen LogP contribution in [0.2, 0.25) is 0 Å². The summed E-state index contributed by atoms with van der Waals surface area (Å²) in [4.78, 5) is 1.40. The minimum absolute atomic E-state index is 0.675. The number of rotatable bonds is 4. The van der Waals surface area contributed by atoms with E-state index in [0.29, 0.717) is 6.04 Å². The van der Waals surface area contributed by atoms with Crippen molar-refractivity contribution in [2.45, 2.75) is 31.3 Å². The molecule has 0 aliphatic heterocycles. The monoisotopic (exact) mass is 399 g/mol. The second-order valence-electron chi connectivity index (χ2n) is 5.00. The van der Waals surface area contributed by atoms with Crippen LogP contribution in [0, 0.1) is 0 Å². The Kier molecular flexibility index (Phi) is 4.42. The van der Waals surface area contributed by atoms with Gasteiger partial charge in [-0.2, -0.15) is 0 Å². The van der Waals surface area contributed by atoms with Crippen LogP contribution in [0.1, 0.15) is 29.2 Å². The molecule has 1 N–H and O–H groups in total. The van der Waals surface area contributed by atoms with Crippen molar-refractivity contribution in [3.05, 3.63) is 55.1 Å². The molecule has 0 unspecified atom stereocenters. The van der Waals surface area contributed by atoms with Crippen molar-refractivity contribution in [2.75, 3.05) is 0 Å². The summed E-state index contributed by atoms with van der Waals surface area (Å²) in [5.74, 6) is 0.737. The Balaban J connectivity index is 1.46. The van der Waals surface area contributed by atoms with Crippen LogP contribution in [0.15, 0.2) is 44.7 Å². The zero-order valence-corrected chi connectivity index (χ0v) is 14.4. The molecule has 1 heterocycles. The Bertz CT molecular complexity index is 544. The number of thiophene rings is 1. The van der Waals surface area contributed by atoms with Gasteiger partial charge in [0.2, 0.25) is 0 Å². The Labute approximate surface area is 134 Å². The lowest BCUT2D eigenvalue weighted by Gasteiger charge is -2.36. The summed E-state index contributed by atoms with van der Waals surface area (Å²) in [7, 11) is 0. The Hall–Kier alpha value is -0.160. The van der Waals surface area contributed by atoms with Gasteiger partial charge < -0.3 is 5.32 Å². The number of hydrogen-bond donors (Lipinski definition) is 1. The van der Waals surface area contributed by atoms with Gasteiger partial charge in [-0.3, -0.25) is 0 Å². The number of halogens is 2. The molecule has 1 saturated carbocycles. The van der Waals surface area contributed by atoms with Crippen LogP contribution >= 0.6 is 43.2 Å². The highest BCUT2D eigenvalue weighted by molar-refractivity contribution is 9.11. The summed E-state index contributed by atoms with van der Waals surface area (Å²) in [6.45, 7) is 0.994. The molecule has 0 atom stereocenters. The van der Waals surface area contributed by atoms with E-state index in [1.807, 2.05) is 11.3 Å². The summed E-state index contributed by atoms with van der Waals surface area (Å²) in [6, 6.07) is 13.7. The molecule has 4 heteroatoms. The van der Waals surface area contributed by atoms with E-state index < -0.39 is 0 Å². The van der Waals surface area contributed by atoms with Crippen LogP contribution in [0.4, 0.5) is 0 Å². The van der Waals surface area contributed by atoms with Gasteiger partial charge in [-0.25, -0.2) is 0 Å². The fraction of sp³-hybridized carbons (Fsp3) is 0.333. The van der Waals surface area contributed by atoms with E-state index in [-0.39, 0.29) is 0 Å². The summed E-state index contributed by atoms with van der Waals surface area (Å²) >= 11 is 8.80. The molecule has 3 rings (SSSR count). The van der Waals surface area contributed by atoms with Crippen molar-refractivity contribution < 1.29 is 0 Å². The van der Waals surface area contributed by atoms with Crippen molar-refractivity contribution in [1.29, 1.82) is 0 Å². The Morgan fingerprint density at radius 2 is 1.79 bits per heavy atom. The molecule has 100 valence electrons. The fourth-order valence-corrected chi connectivity index (χ4v) is 4.18. The molecule has 1 aromatic heterocycles. The van der Waals surface area contributed by atoms with E-state index >= 15 is 0 Å². The smallest absolute Gasteiger partial charge is 0.0701 e. The molecular formula is C15H15Br2NS. The highest BCUT2D eigenvalue weighted by Crippen LogP contribution is 2.37. The predicted molar refractivity (Wildman–Crippen MR) is 88.8 cm³/mol. The Morgan fingerprint density at radius 3 is 2.42 bits per heavy atom. The quantitative estimate of drug-likeness (QED) is 0.733. The maximum Gasteiger partial charge on any atom is 0.0701 e. The molecule has 1 aliphatic rings. The molecule has 1 nitrogen and oxygen atoms in total. The number of benzene rings is 1. The van der Waals surface area contributed by atoms with Gasteiger partial charge in [0.15, 0.2) is 0 Å². The van der Waals surface area contributed by atoms with Gasteiger partial charge >= 0.3 is 0 Å². The zero-order valence-electron chi connectivity index (χ0n) is 10.4. The van der Waals surface area contributed by atoms with Crippen molar-refractivity contribution in [2.24, 2.45) is 0 Å². The predicted octanol–water partition coefficient (Wildman–Crippen LogP) is 5.31. The van der Waals surface area contributed by atoms with Gasteiger partial charge in [0.05, 0.1) is 3.79 Å². The third kappa shape index (κ3) is 3.48. The largest absolute Gasteiger partial charge is 0.309 e. The second-order valence-corrected chi connectivity index (χ2v) is 8.47. The molecule has 1 aromatic carbocycles. The van der Waals surface area contributed by atoms with Crippen LogP contribution in [-0.2, 0) is 6.54 Å². The van der Waals surface area contributed by atoms with Gasteiger partial charge in [-0.15, -0.1) is 11.3 Å². The van der Waals surface area contributed by atoms with E-state index in [9.17, 15) is 0 Å². The lowest BCUT2D eigenvalue weighted by atomic mass is 9.76. The van der Waals surface area contributed by atoms with E-state index in [0.717, 1.165) is 16.9 Å². The summed E-state index contributed by atoms with van der Waals surface area (Å²) in [5.41, 5.74) is 1.47. The van der Waals surface area contributed by atoms with E-state index in [4.69, 9.17) is 0 Å². The summed E-state index contributed by atoms with van der Waals surface area (Å²) in [6.07, 6.45) is 2.52. The standard InChI is InChI=1S/C15H15Br2NS/c16-12-3-1-10(2-4-12)11-7-13(8-11)18-9-14-5-6-15(17)19-14/h1-6,11,13,18H,7-9H2. The van der Waals surface area contributed by atoms with Crippen molar-refractivity contribution in [3.63, 3.8) is 0 Å². The van der Waals surface area contributed by atoms with Crippen LogP contribution in [0.3, 0.4) is 0 Å². The summed E-state index contributed by atoms with van der Waals surface area (Å²) in [5, 5.41) is 3.64. The lowest BCUT2D eigenvalue weighted by Crippen LogP contribution is -2.39. The van der Waals surface area contributed by atoms with Gasteiger partial charge in [0.25, 0.3) is 0 Å². The first-order chi connectivity index (χ1) is 9.20. The van der Waals surface area contributed by atoms with Gasteiger partial charge in [-0.1, -0.05) is 28.1 Å². The molecule has 1 aliphatic carbocycles. The number of hydrogen-bond acceptors (Lipinski definition) is 2. The fourth-order valence-electron chi connectivity index (χ4n) is 2.48. The molecule has 0 amide bonds. The maximum atomic E-state index is 3.64. The normalized spacial score (nSPS) is 22.2. The summed E-state index contributed by atoms with van der Waals surface area (Å²) < 4.78 is 2.37.